The van der Waals surface area contributed by atoms with Crippen molar-refractivity contribution in [2.24, 2.45) is 0 Å². The predicted octanol–water partition coefficient (Wildman–Crippen LogP) is 0.495. The van der Waals surface area contributed by atoms with Crippen LogP contribution in [0.25, 0.3) is 11.2 Å². The van der Waals surface area contributed by atoms with E-state index in [4.69, 9.17) is 0 Å². The SMILES string of the molecule is CCN1CCN(c2ncnc3nc[nH]c23)CC1. The molecule has 0 aliphatic carbocycles. The summed E-state index contributed by atoms with van der Waals surface area (Å²) >= 11 is 0. The average Bonchev–Trinajstić information content (AvgIpc) is 2.87. The zero-order chi connectivity index (χ0) is 11.7. The first-order valence-corrected chi connectivity index (χ1v) is 6.00. The van der Waals surface area contributed by atoms with E-state index in [1.54, 1.807) is 12.7 Å². The van der Waals surface area contributed by atoms with Gasteiger partial charge >= 0.3 is 0 Å². The zero-order valence-corrected chi connectivity index (χ0v) is 9.93. The Balaban J connectivity index is 1.87. The summed E-state index contributed by atoms with van der Waals surface area (Å²) in [6, 6.07) is 0. The van der Waals surface area contributed by atoms with Crippen LogP contribution >= 0.6 is 0 Å². The largest absolute Gasteiger partial charge is 0.352 e. The smallest absolute Gasteiger partial charge is 0.182 e. The van der Waals surface area contributed by atoms with E-state index in [0.717, 1.165) is 49.7 Å². The molecular formula is C11H16N6. The number of nitrogens with zero attached hydrogens (tertiary/aromatic N) is 5. The molecule has 1 aliphatic heterocycles. The molecule has 2 aromatic rings. The predicted molar refractivity (Wildman–Crippen MR) is 66.0 cm³/mol. The first kappa shape index (κ1) is 10.5. The molecule has 17 heavy (non-hydrogen) atoms. The number of aromatic amines is 1. The number of imidazole rings is 1. The maximum absolute atomic E-state index is 4.38. The van der Waals surface area contributed by atoms with Gasteiger partial charge in [-0.1, -0.05) is 6.92 Å². The molecule has 6 heteroatoms. The third-order valence-electron chi connectivity index (χ3n) is 3.32. The van der Waals surface area contributed by atoms with Crippen molar-refractivity contribution in [1.29, 1.82) is 0 Å². The van der Waals surface area contributed by atoms with Gasteiger partial charge in [-0.25, -0.2) is 15.0 Å². The standard InChI is InChI=1S/C11H16N6/c1-2-16-3-5-17(6-4-16)11-9-10(13-7-12-9)14-8-15-11/h7-8H,2-6H2,1H3,(H,12,13,14,15). The number of anilines is 1. The molecular weight excluding hydrogens is 216 g/mol. The molecule has 1 aliphatic rings. The molecule has 6 nitrogen and oxygen atoms in total. The Hall–Kier alpha value is -1.69. The second kappa shape index (κ2) is 4.29. The number of H-pyrrole nitrogens is 1. The summed E-state index contributed by atoms with van der Waals surface area (Å²) in [6.45, 7) is 7.54. The molecule has 0 bridgehead atoms. The third kappa shape index (κ3) is 1.84. The second-order valence-corrected chi connectivity index (χ2v) is 4.22. The van der Waals surface area contributed by atoms with E-state index < -0.39 is 0 Å². The lowest BCUT2D eigenvalue weighted by Gasteiger charge is -2.34. The van der Waals surface area contributed by atoms with Crippen LogP contribution in [0.3, 0.4) is 0 Å². The average molecular weight is 232 g/mol. The van der Waals surface area contributed by atoms with Crippen molar-refractivity contribution in [3.8, 4) is 0 Å². The topological polar surface area (TPSA) is 60.9 Å². The van der Waals surface area contributed by atoms with Crippen molar-refractivity contribution in [2.75, 3.05) is 37.6 Å². The summed E-state index contributed by atoms with van der Waals surface area (Å²) in [5.74, 6) is 0.975. The van der Waals surface area contributed by atoms with Gasteiger partial charge in [0, 0.05) is 26.2 Å². The Kier molecular flexibility index (Phi) is 2.64. The molecule has 3 heterocycles. The summed E-state index contributed by atoms with van der Waals surface area (Å²) < 4.78 is 0. The van der Waals surface area contributed by atoms with Crippen LogP contribution in [0.15, 0.2) is 12.7 Å². The molecule has 0 amide bonds. The second-order valence-electron chi connectivity index (χ2n) is 4.22. The molecule has 1 saturated heterocycles. The molecule has 90 valence electrons. The molecule has 1 N–H and O–H groups in total. The highest BCUT2D eigenvalue weighted by molar-refractivity contribution is 5.82. The van der Waals surface area contributed by atoms with E-state index in [-0.39, 0.29) is 0 Å². The number of likely N-dealkylation sites (N-methyl/N-ethyl adjacent to an activating group) is 1. The lowest BCUT2D eigenvalue weighted by atomic mass is 10.3. The van der Waals surface area contributed by atoms with Crippen LogP contribution < -0.4 is 4.90 Å². The number of hydrogen-bond donors (Lipinski definition) is 1. The number of piperazine rings is 1. The fourth-order valence-electron chi connectivity index (χ4n) is 2.27. The molecule has 0 unspecified atom stereocenters. The van der Waals surface area contributed by atoms with Gasteiger partial charge in [-0.15, -0.1) is 0 Å². The Morgan fingerprint density at radius 1 is 1.18 bits per heavy atom. The van der Waals surface area contributed by atoms with E-state index in [1.807, 2.05) is 0 Å². The summed E-state index contributed by atoms with van der Waals surface area (Å²) in [5.41, 5.74) is 1.69. The van der Waals surface area contributed by atoms with E-state index in [9.17, 15) is 0 Å². The highest BCUT2D eigenvalue weighted by Crippen LogP contribution is 2.20. The van der Waals surface area contributed by atoms with Gasteiger partial charge in [0.15, 0.2) is 11.5 Å². The van der Waals surface area contributed by atoms with Crippen LogP contribution in [0.5, 0.6) is 0 Å². The van der Waals surface area contributed by atoms with Gasteiger partial charge in [-0.05, 0) is 6.54 Å². The molecule has 0 atom stereocenters. The van der Waals surface area contributed by atoms with Crippen LogP contribution in [0.1, 0.15) is 6.92 Å². The fraction of sp³-hybridized carbons (Fsp3) is 0.545. The molecule has 1 fully saturated rings. The van der Waals surface area contributed by atoms with Crippen LogP contribution in [0.4, 0.5) is 5.82 Å². The minimum absolute atomic E-state index is 0.743. The summed E-state index contributed by atoms with van der Waals surface area (Å²) in [7, 11) is 0. The van der Waals surface area contributed by atoms with Crippen molar-refractivity contribution in [3.05, 3.63) is 12.7 Å². The van der Waals surface area contributed by atoms with Crippen molar-refractivity contribution in [1.82, 2.24) is 24.8 Å². The van der Waals surface area contributed by atoms with Gasteiger partial charge < -0.3 is 14.8 Å². The van der Waals surface area contributed by atoms with E-state index in [1.165, 1.54) is 0 Å². The summed E-state index contributed by atoms with van der Waals surface area (Å²) in [5, 5.41) is 0. The first-order chi connectivity index (χ1) is 8.38. The number of nitrogens with one attached hydrogen (secondary N) is 1. The van der Waals surface area contributed by atoms with Crippen molar-refractivity contribution < 1.29 is 0 Å². The highest BCUT2D eigenvalue weighted by atomic mass is 15.3. The van der Waals surface area contributed by atoms with Crippen molar-refractivity contribution in [3.63, 3.8) is 0 Å². The Bertz CT molecular complexity index is 499. The Labute approximate surface area is 99.7 Å². The molecule has 0 spiro atoms. The Morgan fingerprint density at radius 3 is 2.76 bits per heavy atom. The van der Waals surface area contributed by atoms with Gasteiger partial charge in [0.2, 0.25) is 0 Å². The van der Waals surface area contributed by atoms with Crippen molar-refractivity contribution >= 4 is 17.0 Å². The van der Waals surface area contributed by atoms with Gasteiger partial charge in [-0.2, -0.15) is 0 Å². The van der Waals surface area contributed by atoms with Gasteiger partial charge in [0.05, 0.1) is 6.33 Å². The summed E-state index contributed by atoms with van der Waals surface area (Å²) in [6.07, 6.45) is 3.26. The van der Waals surface area contributed by atoms with Crippen LogP contribution in [-0.4, -0.2) is 57.6 Å². The van der Waals surface area contributed by atoms with E-state index in [0.29, 0.717) is 0 Å². The van der Waals surface area contributed by atoms with Crippen LogP contribution in [-0.2, 0) is 0 Å². The van der Waals surface area contributed by atoms with E-state index in [2.05, 4.69) is 36.7 Å². The first-order valence-electron chi connectivity index (χ1n) is 6.00. The summed E-state index contributed by atoms with van der Waals surface area (Å²) in [4.78, 5) is 20.5. The fourth-order valence-corrected chi connectivity index (χ4v) is 2.27. The quantitative estimate of drug-likeness (QED) is 0.816. The molecule has 2 aromatic heterocycles. The minimum Gasteiger partial charge on any atom is -0.352 e. The molecule has 3 rings (SSSR count). The van der Waals surface area contributed by atoms with Crippen molar-refractivity contribution in [2.45, 2.75) is 6.92 Å². The van der Waals surface area contributed by atoms with Gasteiger partial charge in [0.25, 0.3) is 0 Å². The van der Waals surface area contributed by atoms with Crippen LogP contribution in [0.2, 0.25) is 0 Å². The highest BCUT2D eigenvalue weighted by Gasteiger charge is 2.19. The minimum atomic E-state index is 0.743. The number of rotatable bonds is 2. The number of hydrogen-bond acceptors (Lipinski definition) is 5. The normalized spacial score (nSPS) is 17.8. The zero-order valence-electron chi connectivity index (χ0n) is 9.93. The monoisotopic (exact) mass is 232 g/mol. The molecule has 0 aromatic carbocycles. The maximum atomic E-state index is 4.38. The van der Waals surface area contributed by atoms with E-state index >= 15 is 0 Å². The van der Waals surface area contributed by atoms with Gasteiger partial charge in [-0.3, -0.25) is 0 Å². The lowest BCUT2D eigenvalue weighted by Crippen LogP contribution is -2.46. The molecule has 0 saturated carbocycles. The number of fused-ring (bicyclic) bond motifs is 1. The number of aromatic nitrogens is 4. The molecule has 0 radical (unpaired) electrons. The third-order valence-corrected chi connectivity index (χ3v) is 3.32. The Morgan fingerprint density at radius 2 is 2.00 bits per heavy atom. The maximum Gasteiger partial charge on any atom is 0.182 e. The van der Waals surface area contributed by atoms with Gasteiger partial charge in [0.1, 0.15) is 11.8 Å². The van der Waals surface area contributed by atoms with Crippen LogP contribution in [0, 0.1) is 0 Å². The lowest BCUT2D eigenvalue weighted by molar-refractivity contribution is 0.270.